The molecule has 0 unspecified atom stereocenters. The highest BCUT2D eigenvalue weighted by Crippen LogP contribution is 2.33. The summed E-state index contributed by atoms with van der Waals surface area (Å²) in [7, 11) is 1.63. The van der Waals surface area contributed by atoms with E-state index in [9.17, 15) is 9.59 Å². The monoisotopic (exact) mass is 455 g/mol. The van der Waals surface area contributed by atoms with Crippen LogP contribution in [0.4, 0.5) is 5.69 Å². The zero-order valence-corrected chi connectivity index (χ0v) is 18.8. The molecule has 0 aromatic heterocycles. The third kappa shape index (κ3) is 4.62. The van der Waals surface area contributed by atoms with Crippen molar-refractivity contribution in [1.29, 1.82) is 0 Å². The number of nitrogens with zero attached hydrogens (tertiary/aromatic N) is 2. The molecule has 0 bridgehead atoms. The van der Waals surface area contributed by atoms with Crippen molar-refractivity contribution in [3.63, 3.8) is 0 Å². The standard InChI is InChI=1S/C23H25N3O5S/c1-3-10-29-17-7-5-16(6-8-17)24-21(27)12-18-22(28)25(2)23(32)26(18)13-15-4-9-19-20(11-15)31-14-30-19/h4-9,11,18H,3,10,12-14H2,1-2H3,(H,24,27)/t18-/m0/s1. The zero-order valence-electron chi connectivity index (χ0n) is 18.0. The van der Waals surface area contributed by atoms with Crippen molar-refractivity contribution in [2.24, 2.45) is 0 Å². The highest BCUT2D eigenvalue weighted by molar-refractivity contribution is 7.80. The van der Waals surface area contributed by atoms with Gasteiger partial charge >= 0.3 is 0 Å². The summed E-state index contributed by atoms with van der Waals surface area (Å²) in [5.74, 6) is 1.63. The van der Waals surface area contributed by atoms with Crippen molar-refractivity contribution < 1.29 is 23.8 Å². The van der Waals surface area contributed by atoms with Gasteiger partial charge in [0.05, 0.1) is 13.0 Å². The molecule has 2 aromatic carbocycles. The molecule has 2 aromatic rings. The fourth-order valence-corrected chi connectivity index (χ4v) is 3.91. The molecule has 2 aliphatic heterocycles. The van der Waals surface area contributed by atoms with Gasteiger partial charge in [0, 0.05) is 19.3 Å². The van der Waals surface area contributed by atoms with Gasteiger partial charge in [0.2, 0.25) is 12.7 Å². The first kappa shape index (κ1) is 21.9. The number of carbonyl (C=O) groups is 2. The van der Waals surface area contributed by atoms with Crippen molar-refractivity contribution in [2.45, 2.75) is 32.4 Å². The van der Waals surface area contributed by atoms with Crippen LogP contribution in [-0.2, 0) is 16.1 Å². The van der Waals surface area contributed by atoms with Crippen LogP contribution in [0, 0.1) is 0 Å². The van der Waals surface area contributed by atoms with Gasteiger partial charge in [0.1, 0.15) is 11.8 Å². The van der Waals surface area contributed by atoms with Gasteiger partial charge in [-0.3, -0.25) is 14.5 Å². The molecule has 168 valence electrons. The Hall–Kier alpha value is -3.33. The number of ether oxygens (including phenoxy) is 3. The maximum atomic E-state index is 12.8. The Morgan fingerprint density at radius 3 is 2.69 bits per heavy atom. The number of hydrogen-bond acceptors (Lipinski definition) is 6. The Kier molecular flexibility index (Phi) is 6.45. The summed E-state index contributed by atoms with van der Waals surface area (Å²) < 4.78 is 16.3. The Morgan fingerprint density at radius 1 is 1.19 bits per heavy atom. The van der Waals surface area contributed by atoms with E-state index in [4.69, 9.17) is 26.4 Å². The molecule has 0 saturated carbocycles. The first-order valence-corrected chi connectivity index (χ1v) is 10.9. The van der Waals surface area contributed by atoms with Gasteiger partial charge in [-0.2, -0.15) is 0 Å². The van der Waals surface area contributed by atoms with Crippen LogP contribution in [0.15, 0.2) is 42.5 Å². The van der Waals surface area contributed by atoms with E-state index in [-0.39, 0.29) is 25.0 Å². The maximum Gasteiger partial charge on any atom is 0.251 e. The highest BCUT2D eigenvalue weighted by Gasteiger charge is 2.41. The lowest BCUT2D eigenvalue weighted by atomic mass is 10.1. The first-order chi connectivity index (χ1) is 15.5. The minimum Gasteiger partial charge on any atom is -0.494 e. The van der Waals surface area contributed by atoms with Crippen LogP contribution >= 0.6 is 12.2 Å². The summed E-state index contributed by atoms with van der Waals surface area (Å²) in [6.07, 6.45) is 0.912. The molecular formula is C23H25N3O5S. The molecular weight excluding hydrogens is 430 g/mol. The molecule has 1 fully saturated rings. The highest BCUT2D eigenvalue weighted by atomic mass is 32.1. The van der Waals surface area contributed by atoms with E-state index < -0.39 is 6.04 Å². The Morgan fingerprint density at radius 2 is 1.94 bits per heavy atom. The van der Waals surface area contributed by atoms with Gasteiger partial charge in [-0.1, -0.05) is 13.0 Å². The number of amides is 2. The number of carbonyl (C=O) groups excluding carboxylic acids is 2. The van der Waals surface area contributed by atoms with Crippen LogP contribution in [-0.4, -0.2) is 53.2 Å². The molecule has 1 saturated heterocycles. The molecule has 8 nitrogen and oxygen atoms in total. The average molecular weight is 456 g/mol. The van der Waals surface area contributed by atoms with E-state index in [0.29, 0.717) is 35.5 Å². The number of fused-ring (bicyclic) bond motifs is 1. The average Bonchev–Trinajstić information content (AvgIpc) is 3.33. The number of thiocarbonyl (C=S) groups is 1. The van der Waals surface area contributed by atoms with E-state index >= 15 is 0 Å². The van der Waals surface area contributed by atoms with Gasteiger partial charge in [-0.25, -0.2) is 0 Å². The van der Waals surface area contributed by atoms with Crippen LogP contribution in [0.25, 0.3) is 0 Å². The number of nitrogens with one attached hydrogen (secondary N) is 1. The SMILES string of the molecule is CCCOc1ccc(NC(=O)C[C@H]2C(=O)N(C)C(=S)N2Cc2ccc3c(c2)OCO3)cc1. The summed E-state index contributed by atoms with van der Waals surface area (Å²) in [5, 5.41) is 3.24. The summed E-state index contributed by atoms with van der Waals surface area (Å²) in [6, 6.07) is 12.1. The third-order valence-corrected chi connectivity index (χ3v) is 5.81. The minimum atomic E-state index is -0.676. The summed E-state index contributed by atoms with van der Waals surface area (Å²) in [5.41, 5.74) is 1.55. The maximum absolute atomic E-state index is 12.8. The number of benzene rings is 2. The van der Waals surface area contributed by atoms with Crippen molar-refractivity contribution in [3.05, 3.63) is 48.0 Å². The Balaban J connectivity index is 1.42. The van der Waals surface area contributed by atoms with Crippen molar-refractivity contribution in [1.82, 2.24) is 9.80 Å². The second-order valence-corrected chi connectivity index (χ2v) is 8.00. The van der Waals surface area contributed by atoms with Crippen LogP contribution < -0.4 is 19.5 Å². The van der Waals surface area contributed by atoms with Crippen LogP contribution in [0.2, 0.25) is 0 Å². The van der Waals surface area contributed by atoms with Crippen molar-refractivity contribution >= 4 is 34.8 Å². The number of anilines is 1. The molecule has 2 amide bonds. The molecule has 1 atom stereocenters. The van der Waals surface area contributed by atoms with E-state index in [1.165, 1.54) is 4.90 Å². The van der Waals surface area contributed by atoms with Crippen molar-refractivity contribution in [3.8, 4) is 17.2 Å². The van der Waals surface area contributed by atoms with E-state index in [2.05, 4.69) is 5.32 Å². The zero-order chi connectivity index (χ0) is 22.7. The summed E-state index contributed by atoms with van der Waals surface area (Å²) in [6.45, 7) is 3.25. The lowest BCUT2D eigenvalue weighted by Crippen LogP contribution is -2.37. The number of likely N-dealkylation sites (N-methyl/N-ethyl adjacent to an activating group) is 1. The third-order valence-electron chi connectivity index (χ3n) is 5.30. The van der Waals surface area contributed by atoms with Crippen LogP contribution in [0.3, 0.4) is 0 Å². The Labute approximate surface area is 192 Å². The molecule has 0 spiro atoms. The van der Waals surface area contributed by atoms with Gasteiger partial charge in [-0.05, 0) is 60.6 Å². The molecule has 4 rings (SSSR count). The molecule has 0 aliphatic carbocycles. The van der Waals surface area contributed by atoms with Gasteiger partial charge in [0.25, 0.3) is 5.91 Å². The second-order valence-electron chi connectivity index (χ2n) is 7.64. The fourth-order valence-electron chi connectivity index (χ4n) is 3.63. The summed E-state index contributed by atoms with van der Waals surface area (Å²) in [4.78, 5) is 28.7. The largest absolute Gasteiger partial charge is 0.494 e. The van der Waals surface area contributed by atoms with Crippen molar-refractivity contribution in [2.75, 3.05) is 25.8 Å². The minimum absolute atomic E-state index is 0.0120. The van der Waals surface area contributed by atoms with Crippen LogP contribution in [0.5, 0.6) is 17.2 Å². The molecule has 9 heteroatoms. The lowest BCUT2D eigenvalue weighted by molar-refractivity contribution is -0.130. The van der Waals surface area contributed by atoms with Gasteiger partial charge < -0.3 is 24.4 Å². The second kappa shape index (κ2) is 9.44. The Bertz CT molecular complexity index is 1030. The predicted octanol–water partition coefficient (Wildman–Crippen LogP) is 3.16. The molecule has 1 N–H and O–H groups in total. The molecule has 2 aliphatic rings. The topological polar surface area (TPSA) is 80.3 Å². The molecule has 32 heavy (non-hydrogen) atoms. The normalized spacial score (nSPS) is 17.1. The van der Waals surface area contributed by atoms with Crippen LogP contribution in [0.1, 0.15) is 25.3 Å². The fraction of sp³-hybridized carbons (Fsp3) is 0.348. The lowest BCUT2D eigenvalue weighted by Gasteiger charge is -2.23. The quantitative estimate of drug-likeness (QED) is 0.613. The number of hydrogen-bond donors (Lipinski definition) is 1. The van der Waals surface area contributed by atoms with E-state index in [1.807, 2.05) is 25.1 Å². The van der Waals surface area contributed by atoms with E-state index in [0.717, 1.165) is 17.7 Å². The van der Waals surface area contributed by atoms with E-state index in [1.54, 1.807) is 36.2 Å². The molecule has 0 radical (unpaired) electrons. The smallest absolute Gasteiger partial charge is 0.251 e. The summed E-state index contributed by atoms with van der Waals surface area (Å²) >= 11 is 5.48. The molecule has 2 heterocycles. The first-order valence-electron chi connectivity index (χ1n) is 10.5. The number of rotatable bonds is 8. The van der Waals surface area contributed by atoms with Gasteiger partial charge in [-0.15, -0.1) is 0 Å². The predicted molar refractivity (Wildman–Crippen MR) is 123 cm³/mol. The van der Waals surface area contributed by atoms with Gasteiger partial charge in [0.15, 0.2) is 16.6 Å².